The summed E-state index contributed by atoms with van der Waals surface area (Å²) in [6.07, 6.45) is 0.346. The molecule has 9 heteroatoms. The Morgan fingerprint density at radius 3 is 2.17 bits per heavy atom. The van der Waals surface area contributed by atoms with Crippen molar-refractivity contribution in [2.24, 2.45) is 0 Å². The first-order valence-electron chi connectivity index (χ1n) is 13.7. The first-order valence-corrected chi connectivity index (χ1v) is 15.1. The van der Waals surface area contributed by atoms with Gasteiger partial charge in [0.05, 0.1) is 17.7 Å². The predicted molar refractivity (Wildman–Crippen MR) is 162 cm³/mol. The van der Waals surface area contributed by atoms with Crippen molar-refractivity contribution in [1.29, 1.82) is 0 Å². The second-order valence-corrected chi connectivity index (χ2v) is 13.0. The summed E-state index contributed by atoms with van der Waals surface area (Å²) in [6.45, 7) is 10.9. The maximum Gasteiger partial charge on any atom is 0.264 e. The van der Waals surface area contributed by atoms with Crippen molar-refractivity contribution in [3.8, 4) is 5.75 Å². The summed E-state index contributed by atoms with van der Waals surface area (Å²) >= 11 is 0. The van der Waals surface area contributed by atoms with Crippen molar-refractivity contribution >= 4 is 27.5 Å². The highest BCUT2D eigenvalue weighted by atomic mass is 32.2. The molecule has 0 heterocycles. The summed E-state index contributed by atoms with van der Waals surface area (Å²) in [5.74, 6) is -0.495. The largest absolute Gasteiger partial charge is 0.495 e. The zero-order chi connectivity index (χ0) is 30.4. The lowest BCUT2D eigenvalue weighted by Gasteiger charge is -2.35. The van der Waals surface area contributed by atoms with Crippen molar-refractivity contribution in [2.45, 2.75) is 71.0 Å². The Kier molecular flexibility index (Phi) is 10.2. The molecule has 0 saturated carbocycles. The molecule has 1 N–H and O–H groups in total. The SMILES string of the molecule is CCC(C(=O)NC(C)(C)C)N(Cc1ccccc1C)C(=O)CN(c1cc(C)ccc1OC)S(=O)(=O)c1ccccc1. The van der Waals surface area contributed by atoms with E-state index in [0.717, 1.165) is 21.0 Å². The van der Waals surface area contributed by atoms with Crippen molar-refractivity contribution in [2.75, 3.05) is 18.0 Å². The van der Waals surface area contributed by atoms with Crippen LogP contribution in [0.25, 0.3) is 0 Å². The van der Waals surface area contributed by atoms with Crippen LogP contribution in [0, 0.1) is 13.8 Å². The lowest BCUT2D eigenvalue weighted by molar-refractivity contribution is -0.141. The zero-order valence-electron chi connectivity index (χ0n) is 25.0. The molecule has 0 fully saturated rings. The average Bonchev–Trinajstić information content (AvgIpc) is 2.92. The fraction of sp³-hybridized carbons (Fsp3) is 0.375. The summed E-state index contributed by atoms with van der Waals surface area (Å²) in [5.41, 5.74) is 2.36. The van der Waals surface area contributed by atoms with Gasteiger partial charge in [-0.25, -0.2) is 8.42 Å². The molecule has 41 heavy (non-hydrogen) atoms. The number of carbonyl (C=O) groups is 2. The van der Waals surface area contributed by atoms with E-state index in [9.17, 15) is 18.0 Å². The van der Waals surface area contributed by atoms with Crippen molar-refractivity contribution in [3.05, 3.63) is 89.5 Å². The molecule has 0 spiro atoms. The standard InChI is InChI=1S/C32H41N3O5S/c1-8-27(31(37)33-32(4,5)6)34(21-25-15-13-12-14-24(25)3)30(36)22-35(28-20-23(2)18-19-29(28)40-7)41(38,39)26-16-10-9-11-17-26/h9-20,27H,8,21-22H2,1-7H3,(H,33,37). The van der Waals surface area contributed by atoms with Crippen molar-refractivity contribution in [1.82, 2.24) is 10.2 Å². The van der Waals surface area contributed by atoms with Crippen LogP contribution in [0.2, 0.25) is 0 Å². The van der Waals surface area contributed by atoms with Gasteiger partial charge in [0.25, 0.3) is 10.0 Å². The fourth-order valence-electron chi connectivity index (χ4n) is 4.57. The molecule has 0 radical (unpaired) electrons. The summed E-state index contributed by atoms with van der Waals surface area (Å²) in [5, 5.41) is 2.99. The monoisotopic (exact) mass is 579 g/mol. The Balaban J connectivity index is 2.14. The molecule has 0 saturated heterocycles. The minimum absolute atomic E-state index is 0.0410. The van der Waals surface area contributed by atoms with Gasteiger partial charge < -0.3 is 15.0 Å². The van der Waals surface area contributed by atoms with Crippen molar-refractivity contribution < 1.29 is 22.7 Å². The molecule has 3 rings (SSSR count). The van der Waals surface area contributed by atoms with E-state index in [2.05, 4.69) is 5.32 Å². The Morgan fingerprint density at radius 1 is 0.951 bits per heavy atom. The third kappa shape index (κ3) is 7.88. The molecule has 8 nitrogen and oxygen atoms in total. The van der Waals surface area contributed by atoms with E-state index in [1.54, 1.807) is 30.3 Å². The molecule has 3 aromatic carbocycles. The van der Waals surface area contributed by atoms with Gasteiger partial charge in [-0.05, 0) is 82.0 Å². The summed E-state index contributed by atoms with van der Waals surface area (Å²) in [6, 6.07) is 20.0. The van der Waals surface area contributed by atoms with Crippen LogP contribution >= 0.6 is 0 Å². The normalized spacial score (nSPS) is 12.4. The minimum atomic E-state index is -4.19. The van der Waals surface area contributed by atoms with E-state index < -0.39 is 34.1 Å². The number of benzene rings is 3. The van der Waals surface area contributed by atoms with Gasteiger partial charge >= 0.3 is 0 Å². The lowest BCUT2D eigenvalue weighted by atomic mass is 10.0. The quantitative estimate of drug-likeness (QED) is 0.336. The number of amides is 2. The van der Waals surface area contributed by atoms with Crippen LogP contribution in [0.4, 0.5) is 5.69 Å². The molecule has 0 aliphatic heterocycles. The molecular formula is C32H41N3O5S. The van der Waals surface area contributed by atoms with Crippen LogP contribution in [-0.2, 0) is 26.2 Å². The van der Waals surface area contributed by atoms with E-state index in [4.69, 9.17) is 4.74 Å². The van der Waals surface area contributed by atoms with Crippen LogP contribution < -0.4 is 14.4 Å². The van der Waals surface area contributed by atoms with E-state index >= 15 is 0 Å². The summed E-state index contributed by atoms with van der Waals surface area (Å²) in [4.78, 5) is 29.3. The number of ether oxygens (including phenoxy) is 1. The van der Waals surface area contributed by atoms with Gasteiger partial charge in [0.2, 0.25) is 11.8 Å². The number of anilines is 1. The molecule has 0 aliphatic rings. The van der Waals surface area contributed by atoms with E-state index in [1.165, 1.54) is 24.1 Å². The maximum absolute atomic E-state index is 14.3. The molecule has 2 amide bonds. The number of hydrogen-bond acceptors (Lipinski definition) is 5. The smallest absolute Gasteiger partial charge is 0.264 e. The number of methoxy groups -OCH3 is 1. The molecule has 0 aliphatic carbocycles. The Hall–Kier alpha value is -3.85. The van der Waals surface area contributed by atoms with Crippen LogP contribution in [0.1, 0.15) is 50.8 Å². The van der Waals surface area contributed by atoms with Gasteiger partial charge in [-0.1, -0.05) is 55.5 Å². The second-order valence-electron chi connectivity index (χ2n) is 11.1. The molecule has 0 bridgehead atoms. The molecule has 0 aromatic heterocycles. The minimum Gasteiger partial charge on any atom is -0.495 e. The number of sulfonamides is 1. The number of nitrogens with zero attached hydrogens (tertiary/aromatic N) is 2. The molecule has 220 valence electrons. The maximum atomic E-state index is 14.3. The Bertz CT molecular complexity index is 1470. The topological polar surface area (TPSA) is 96.0 Å². The van der Waals surface area contributed by atoms with Gasteiger partial charge in [-0.3, -0.25) is 13.9 Å². The number of rotatable bonds is 11. The van der Waals surface area contributed by atoms with Crippen LogP contribution in [0.15, 0.2) is 77.7 Å². The Labute approximate surface area is 244 Å². The summed E-state index contributed by atoms with van der Waals surface area (Å²) in [7, 11) is -2.73. The molecular weight excluding hydrogens is 538 g/mol. The molecule has 3 aromatic rings. The first kappa shape index (κ1) is 31.7. The van der Waals surface area contributed by atoms with Crippen LogP contribution in [0.5, 0.6) is 5.75 Å². The Morgan fingerprint density at radius 2 is 1.59 bits per heavy atom. The van der Waals surface area contributed by atoms with Crippen LogP contribution in [-0.4, -0.2) is 50.4 Å². The summed E-state index contributed by atoms with van der Waals surface area (Å²) < 4.78 is 34.7. The van der Waals surface area contributed by atoms with Gasteiger partial charge in [0.15, 0.2) is 0 Å². The van der Waals surface area contributed by atoms with E-state index in [-0.39, 0.29) is 23.0 Å². The van der Waals surface area contributed by atoms with Crippen LogP contribution in [0.3, 0.4) is 0 Å². The zero-order valence-corrected chi connectivity index (χ0v) is 25.8. The predicted octanol–water partition coefficient (Wildman–Crippen LogP) is 5.23. The third-order valence-electron chi connectivity index (χ3n) is 6.70. The van der Waals surface area contributed by atoms with E-state index in [1.807, 2.05) is 71.9 Å². The number of hydrogen-bond donors (Lipinski definition) is 1. The molecule has 1 unspecified atom stereocenters. The number of carbonyl (C=O) groups excluding carboxylic acids is 2. The second kappa shape index (κ2) is 13.2. The fourth-order valence-corrected chi connectivity index (χ4v) is 6.01. The van der Waals surface area contributed by atoms with Gasteiger partial charge in [0, 0.05) is 12.1 Å². The highest BCUT2D eigenvalue weighted by Crippen LogP contribution is 2.34. The highest BCUT2D eigenvalue weighted by molar-refractivity contribution is 7.92. The van der Waals surface area contributed by atoms with Gasteiger partial charge in [-0.2, -0.15) is 0 Å². The average molecular weight is 580 g/mol. The molecule has 1 atom stereocenters. The first-order chi connectivity index (χ1) is 19.3. The van der Waals surface area contributed by atoms with Gasteiger partial charge in [0.1, 0.15) is 18.3 Å². The third-order valence-corrected chi connectivity index (χ3v) is 8.47. The highest BCUT2D eigenvalue weighted by Gasteiger charge is 2.35. The van der Waals surface area contributed by atoms with Gasteiger partial charge in [-0.15, -0.1) is 0 Å². The van der Waals surface area contributed by atoms with E-state index in [0.29, 0.717) is 12.2 Å². The number of aryl methyl sites for hydroxylation is 2. The lowest BCUT2D eigenvalue weighted by Crippen LogP contribution is -2.55. The number of nitrogens with one attached hydrogen (secondary N) is 1. The van der Waals surface area contributed by atoms with Crippen molar-refractivity contribution in [3.63, 3.8) is 0 Å².